The lowest BCUT2D eigenvalue weighted by Gasteiger charge is -2.27. The molecule has 0 aliphatic carbocycles. The molecular weight excluding hydrogens is 340 g/mol. The summed E-state index contributed by atoms with van der Waals surface area (Å²) in [5, 5.41) is 0. The summed E-state index contributed by atoms with van der Waals surface area (Å²) in [5.74, 6) is 2.02. The highest BCUT2D eigenvalue weighted by atomic mass is 79.9. The maximum Gasteiger partial charge on any atom is 0.292 e. The van der Waals surface area contributed by atoms with Gasteiger partial charge in [-0.05, 0) is 18.2 Å². The van der Waals surface area contributed by atoms with E-state index >= 15 is 0 Å². The summed E-state index contributed by atoms with van der Waals surface area (Å²) < 4.78 is 0.876. The van der Waals surface area contributed by atoms with Crippen LogP contribution in [0.3, 0.4) is 0 Å². The predicted octanol–water partition coefficient (Wildman–Crippen LogP) is 0.713. The molecule has 0 unspecified atom stereocenters. The first kappa shape index (κ1) is 14.1. The molecule has 0 spiro atoms. The fourth-order valence-corrected chi connectivity index (χ4v) is 4.22. The maximum atomic E-state index is 12.6. The molecule has 20 heavy (non-hydrogen) atoms. The Morgan fingerprint density at radius 3 is 2.70 bits per heavy atom. The Labute approximate surface area is 130 Å². The quantitative estimate of drug-likeness (QED) is 0.794. The van der Waals surface area contributed by atoms with Crippen molar-refractivity contribution in [2.45, 2.75) is 12.5 Å². The van der Waals surface area contributed by atoms with Crippen molar-refractivity contribution < 1.29 is 14.5 Å². The molecule has 0 aromatic heterocycles. The fourth-order valence-electron chi connectivity index (χ4n) is 2.82. The number of carbonyl (C=O) groups is 2. The summed E-state index contributed by atoms with van der Waals surface area (Å²) in [5.41, 5.74) is 0.669. The topological polar surface area (TPSA) is 41.8 Å². The van der Waals surface area contributed by atoms with Crippen molar-refractivity contribution in [3.63, 3.8) is 0 Å². The van der Waals surface area contributed by atoms with Gasteiger partial charge < -0.3 is 4.90 Å². The Bertz CT molecular complexity index is 546. The van der Waals surface area contributed by atoms with Crippen molar-refractivity contribution >= 4 is 45.2 Å². The van der Waals surface area contributed by atoms with E-state index in [9.17, 15) is 9.59 Å². The summed E-state index contributed by atoms with van der Waals surface area (Å²) in [6.45, 7) is 1.95. The van der Waals surface area contributed by atoms with Gasteiger partial charge in [0.25, 0.3) is 5.91 Å². The summed E-state index contributed by atoms with van der Waals surface area (Å²) in [7, 11) is 0. The number of nitrogens with zero attached hydrogens (tertiary/aromatic N) is 1. The fraction of sp³-hybridized carbons (Fsp3) is 0.429. The molecule has 2 aliphatic heterocycles. The van der Waals surface area contributed by atoms with E-state index in [0.29, 0.717) is 12.1 Å². The molecule has 1 N–H and O–H groups in total. The number of amides is 2. The van der Waals surface area contributed by atoms with Crippen LogP contribution in [-0.2, 0) is 9.59 Å². The average Bonchev–Trinajstić information content (AvgIpc) is 2.75. The zero-order chi connectivity index (χ0) is 14.1. The van der Waals surface area contributed by atoms with Crippen LogP contribution < -0.4 is 9.80 Å². The van der Waals surface area contributed by atoms with Crippen LogP contribution in [0.25, 0.3) is 0 Å². The summed E-state index contributed by atoms with van der Waals surface area (Å²) in [6, 6.07) is 7.17. The van der Waals surface area contributed by atoms with Crippen LogP contribution in [0, 0.1) is 0 Å². The van der Waals surface area contributed by atoms with Crippen LogP contribution >= 0.6 is 27.7 Å². The second-order valence-corrected chi connectivity index (χ2v) is 7.22. The zero-order valence-corrected chi connectivity index (χ0v) is 13.4. The van der Waals surface area contributed by atoms with Crippen molar-refractivity contribution in [1.82, 2.24) is 0 Å². The van der Waals surface area contributed by atoms with E-state index in [2.05, 4.69) is 15.9 Å². The van der Waals surface area contributed by atoms with E-state index in [1.807, 2.05) is 36.0 Å². The average molecular weight is 356 g/mol. The number of thioether (sulfide) groups is 1. The number of nitrogens with one attached hydrogen (secondary N) is 1. The van der Waals surface area contributed by atoms with E-state index in [1.165, 1.54) is 9.80 Å². The minimum Gasteiger partial charge on any atom is -0.323 e. The molecule has 4 nitrogen and oxygen atoms in total. The lowest BCUT2D eigenvalue weighted by molar-refractivity contribution is -0.911. The molecule has 1 aromatic carbocycles. The second-order valence-electron chi connectivity index (χ2n) is 5.07. The minimum absolute atomic E-state index is 0.0463. The molecule has 106 valence electrons. The van der Waals surface area contributed by atoms with Crippen LogP contribution in [0.2, 0.25) is 0 Å². The first-order valence-electron chi connectivity index (χ1n) is 6.71. The van der Waals surface area contributed by atoms with Crippen LogP contribution in [0.15, 0.2) is 28.7 Å². The van der Waals surface area contributed by atoms with Crippen LogP contribution in [0.1, 0.15) is 6.42 Å². The highest BCUT2D eigenvalue weighted by Crippen LogP contribution is 2.25. The maximum absolute atomic E-state index is 12.6. The summed E-state index contributed by atoms with van der Waals surface area (Å²) >= 11 is 5.31. The van der Waals surface area contributed by atoms with E-state index in [0.717, 1.165) is 29.1 Å². The zero-order valence-electron chi connectivity index (χ0n) is 11.0. The van der Waals surface area contributed by atoms with Gasteiger partial charge in [-0.2, -0.15) is 11.8 Å². The largest absolute Gasteiger partial charge is 0.323 e. The Morgan fingerprint density at radius 1 is 1.25 bits per heavy atom. The Morgan fingerprint density at radius 2 is 2.00 bits per heavy atom. The van der Waals surface area contributed by atoms with Gasteiger partial charge in [-0.1, -0.05) is 22.0 Å². The molecule has 6 heteroatoms. The van der Waals surface area contributed by atoms with Crippen molar-refractivity contribution in [3.05, 3.63) is 28.7 Å². The molecule has 0 radical (unpaired) electrons. The standard InChI is InChI=1S/C14H15BrN2O2S/c15-10-2-1-3-11(8-10)17-13(18)9-12(14(17)19)16-4-6-20-7-5-16/h1-3,8,12H,4-7,9H2/p+1/t12-/m0/s1. The molecular formula is C14H16BrN2O2S+. The number of imide groups is 1. The number of hydrogen-bond acceptors (Lipinski definition) is 3. The lowest BCUT2D eigenvalue weighted by Crippen LogP contribution is -3.18. The lowest BCUT2D eigenvalue weighted by atomic mass is 10.2. The number of hydrogen-bond donors (Lipinski definition) is 1. The van der Waals surface area contributed by atoms with Crippen LogP contribution in [0.5, 0.6) is 0 Å². The molecule has 2 amide bonds. The van der Waals surface area contributed by atoms with E-state index in [4.69, 9.17) is 0 Å². The van der Waals surface area contributed by atoms with E-state index in [-0.39, 0.29) is 17.9 Å². The molecule has 0 bridgehead atoms. The highest BCUT2D eigenvalue weighted by Gasteiger charge is 2.45. The molecule has 2 aliphatic rings. The van der Waals surface area contributed by atoms with Gasteiger partial charge in [0.05, 0.1) is 25.2 Å². The van der Waals surface area contributed by atoms with Gasteiger partial charge in [0.2, 0.25) is 5.91 Å². The Kier molecular flexibility index (Phi) is 4.14. The third kappa shape index (κ3) is 2.64. The molecule has 1 aromatic rings. The minimum atomic E-state index is -0.192. The molecule has 2 heterocycles. The number of quaternary nitrogens is 1. The van der Waals surface area contributed by atoms with Gasteiger partial charge >= 0.3 is 0 Å². The van der Waals surface area contributed by atoms with Crippen LogP contribution in [0.4, 0.5) is 5.69 Å². The molecule has 2 fully saturated rings. The molecule has 2 saturated heterocycles. The van der Waals surface area contributed by atoms with E-state index in [1.54, 1.807) is 0 Å². The first-order valence-corrected chi connectivity index (χ1v) is 8.66. The smallest absolute Gasteiger partial charge is 0.292 e. The van der Waals surface area contributed by atoms with Gasteiger partial charge in [-0.15, -0.1) is 0 Å². The van der Waals surface area contributed by atoms with Gasteiger partial charge in [0, 0.05) is 16.0 Å². The van der Waals surface area contributed by atoms with Gasteiger partial charge in [0.1, 0.15) is 0 Å². The van der Waals surface area contributed by atoms with Crippen molar-refractivity contribution in [2.75, 3.05) is 29.5 Å². The Hall–Kier alpha value is -0.850. The van der Waals surface area contributed by atoms with Gasteiger partial charge in [-0.25, -0.2) is 4.90 Å². The van der Waals surface area contributed by atoms with Crippen LogP contribution in [-0.4, -0.2) is 42.5 Å². The number of rotatable bonds is 2. The van der Waals surface area contributed by atoms with E-state index < -0.39 is 0 Å². The summed E-state index contributed by atoms with van der Waals surface area (Å²) in [4.78, 5) is 27.4. The van der Waals surface area contributed by atoms with Crippen molar-refractivity contribution in [1.29, 1.82) is 0 Å². The van der Waals surface area contributed by atoms with Crippen molar-refractivity contribution in [2.24, 2.45) is 0 Å². The molecule has 0 saturated carbocycles. The van der Waals surface area contributed by atoms with Crippen molar-refractivity contribution in [3.8, 4) is 0 Å². The first-order chi connectivity index (χ1) is 9.66. The second kappa shape index (κ2) is 5.87. The molecule has 3 rings (SSSR count). The highest BCUT2D eigenvalue weighted by molar-refractivity contribution is 9.10. The number of halogens is 1. The normalized spacial score (nSPS) is 24.4. The third-order valence-corrected chi connectivity index (χ3v) is 5.32. The number of benzene rings is 1. The van der Waals surface area contributed by atoms with Gasteiger partial charge in [-0.3, -0.25) is 9.59 Å². The number of carbonyl (C=O) groups excluding carboxylic acids is 2. The SMILES string of the molecule is O=C1C[C@H]([NH+]2CCSCC2)C(=O)N1c1cccc(Br)c1. The van der Waals surface area contributed by atoms with Gasteiger partial charge in [0.15, 0.2) is 6.04 Å². The monoisotopic (exact) mass is 355 g/mol. The third-order valence-electron chi connectivity index (χ3n) is 3.84. The summed E-state index contributed by atoms with van der Waals surface area (Å²) in [6.07, 6.45) is 0.339. The number of anilines is 1. The Balaban J connectivity index is 1.83. The molecule has 1 atom stereocenters. The predicted molar refractivity (Wildman–Crippen MR) is 83.1 cm³/mol.